The molecule has 192 valence electrons. The lowest BCUT2D eigenvalue weighted by Gasteiger charge is -2.23. The lowest BCUT2D eigenvalue weighted by atomic mass is 10.2. The lowest BCUT2D eigenvalue weighted by Crippen LogP contribution is -2.34. The zero-order valence-corrected chi connectivity index (χ0v) is 20.4. The monoisotopic (exact) mass is 528 g/mol. The highest BCUT2D eigenvalue weighted by Gasteiger charge is 2.22. The lowest BCUT2D eigenvalue weighted by molar-refractivity contribution is 0.201. The number of benzene rings is 3. The van der Waals surface area contributed by atoms with Gasteiger partial charge in [0, 0.05) is 6.54 Å². The van der Waals surface area contributed by atoms with Crippen LogP contribution < -0.4 is 14.2 Å². The highest BCUT2D eigenvalue weighted by atomic mass is 32.2. The van der Waals surface area contributed by atoms with E-state index in [0.717, 1.165) is 24.3 Å². The standard InChI is InChI=1S/C26H22F2N2O6S/c1-34-24-13-8-18(15-25(24)36-37(32,33)21-11-9-19(27)10-12-21)16-30(17-20-5-4-14-35-20)26(31)29-23-7-3-2-6-22(23)28/h2-15H,16-17H2,1H3,(H,29,31). The predicted octanol–water partition coefficient (Wildman–Crippen LogP) is 5.57. The number of halogens is 2. The van der Waals surface area contributed by atoms with Crippen LogP contribution in [0.5, 0.6) is 11.5 Å². The van der Waals surface area contributed by atoms with Gasteiger partial charge in [0.25, 0.3) is 0 Å². The molecule has 0 aliphatic heterocycles. The summed E-state index contributed by atoms with van der Waals surface area (Å²) in [5, 5.41) is 2.53. The quantitative estimate of drug-likeness (QED) is 0.285. The molecule has 2 amide bonds. The molecule has 11 heteroatoms. The first-order valence-electron chi connectivity index (χ1n) is 10.9. The fourth-order valence-corrected chi connectivity index (χ4v) is 4.35. The zero-order valence-electron chi connectivity index (χ0n) is 19.6. The Morgan fingerprint density at radius 3 is 2.38 bits per heavy atom. The molecule has 3 aromatic carbocycles. The van der Waals surface area contributed by atoms with E-state index in [1.165, 1.54) is 48.6 Å². The summed E-state index contributed by atoms with van der Waals surface area (Å²) in [5.41, 5.74) is 0.487. The van der Waals surface area contributed by atoms with Crippen molar-refractivity contribution >= 4 is 21.8 Å². The molecule has 0 spiro atoms. The minimum Gasteiger partial charge on any atom is -0.493 e. The minimum atomic E-state index is -4.31. The molecule has 0 radical (unpaired) electrons. The molecule has 1 aromatic heterocycles. The maximum Gasteiger partial charge on any atom is 0.339 e. The van der Waals surface area contributed by atoms with Gasteiger partial charge in [-0.05, 0) is 66.2 Å². The van der Waals surface area contributed by atoms with Crippen molar-refractivity contribution in [3.8, 4) is 11.5 Å². The van der Waals surface area contributed by atoms with Gasteiger partial charge in [-0.1, -0.05) is 18.2 Å². The normalized spacial score (nSPS) is 11.1. The number of hydrogen-bond acceptors (Lipinski definition) is 6. The van der Waals surface area contributed by atoms with Crippen molar-refractivity contribution in [1.82, 2.24) is 4.90 Å². The summed E-state index contributed by atoms with van der Waals surface area (Å²) >= 11 is 0. The smallest absolute Gasteiger partial charge is 0.339 e. The fraction of sp³-hybridized carbons (Fsp3) is 0.115. The molecule has 0 fully saturated rings. The van der Waals surface area contributed by atoms with E-state index in [0.29, 0.717) is 11.3 Å². The zero-order chi connectivity index (χ0) is 26.4. The summed E-state index contributed by atoms with van der Waals surface area (Å²) in [4.78, 5) is 14.2. The van der Waals surface area contributed by atoms with Crippen LogP contribution in [0.15, 0.2) is 94.4 Å². The third kappa shape index (κ3) is 6.44. The molecule has 0 saturated heterocycles. The number of ether oxygens (including phenoxy) is 1. The van der Waals surface area contributed by atoms with Crippen LogP contribution in [0.1, 0.15) is 11.3 Å². The predicted molar refractivity (Wildman–Crippen MR) is 131 cm³/mol. The van der Waals surface area contributed by atoms with E-state index in [4.69, 9.17) is 13.3 Å². The maximum absolute atomic E-state index is 14.1. The molecule has 1 N–H and O–H groups in total. The Bertz CT molecular complexity index is 1480. The van der Waals surface area contributed by atoms with Crippen LogP contribution in [0.25, 0.3) is 0 Å². The first-order chi connectivity index (χ1) is 17.7. The Kier molecular flexibility index (Phi) is 7.73. The second kappa shape index (κ2) is 11.1. The first kappa shape index (κ1) is 25.7. The van der Waals surface area contributed by atoms with Gasteiger partial charge in [-0.15, -0.1) is 0 Å². The van der Waals surface area contributed by atoms with Gasteiger partial charge in [0.1, 0.15) is 22.3 Å². The van der Waals surface area contributed by atoms with Crippen LogP contribution in [0.3, 0.4) is 0 Å². The van der Waals surface area contributed by atoms with Crippen LogP contribution >= 0.6 is 0 Å². The van der Waals surface area contributed by atoms with Crippen molar-refractivity contribution in [2.75, 3.05) is 12.4 Å². The molecule has 0 unspecified atom stereocenters. The highest BCUT2D eigenvalue weighted by molar-refractivity contribution is 7.87. The van der Waals surface area contributed by atoms with Crippen molar-refractivity contribution in [1.29, 1.82) is 0 Å². The second-order valence-corrected chi connectivity index (χ2v) is 9.37. The number of urea groups is 1. The van der Waals surface area contributed by atoms with E-state index in [-0.39, 0.29) is 35.2 Å². The number of rotatable bonds is 9. The second-order valence-electron chi connectivity index (χ2n) is 7.82. The molecular weight excluding hydrogens is 506 g/mol. The van der Waals surface area contributed by atoms with Gasteiger partial charge in [-0.2, -0.15) is 8.42 Å². The largest absolute Gasteiger partial charge is 0.493 e. The highest BCUT2D eigenvalue weighted by Crippen LogP contribution is 2.31. The molecule has 0 atom stereocenters. The molecule has 4 rings (SSSR count). The van der Waals surface area contributed by atoms with Gasteiger partial charge in [0.05, 0.1) is 25.6 Å². The Hall–Kier alpha value is -4.38. The first-order valence-corrected chi connectivity index (χ1v) is 12.4. The number of para-hydroxylation sites is 1. The Morgan fingerprint density at radius 1 is 0.946 bits per heavy atom. The average Bonchev–Trinajstić information content (AvgIpc) is 3.38. The molecule has 0 saturated carbocycles. The third-order valence-electron chi connectivity index (χ3n) is 5.23. The average molecular weight is 529 g/mol. The molecule has 37 heavy (non-hydrogen) atoms. The summed E-state index contributed by atoms with van der Waals surface area (Å²) in [6.07, 6.45) is 1.46. The Labute approximate surface area is 212 Å². The van der Waals surface area contributed by atoms with E-state index in [2.05, 4.69) is 5.32 Å². The summed E-state index contributed by atoms with van der Waals surface area (Å²) in [6, 6.07) is 17.2. The number of nitrogens with zero attached hydrogens (tertiary/aromatic N) is 1. The van der Waals surface area contributed by atoms with Crippen LogP contribution in [0.2, 0.25) is 0 Å². The Morgan fingerprint density at radius 2 is 1.70 bits per heavy atom. The minimum absolute atomic E-state index is 0.00101. The van der Waals surface area contributed by atoms with Crippen LogP contribution in [-0.2, 0) is 23.2 Å². The third-order valence-corrected chi connectivity index (χ3v) is 6.48. The topological polar surface area (TPSA) is 98.1 Å². The molecule has 0 aliphatic carbocycles. The number of nitrogens with one attached hydrogen (secondary N) is 1. The van der Waals surface area contributed by atoms with Gasteiger partial charge in [0.2, 0.25) is 0 Å². The maximum atomic E-state index is 14.1. The van der Waals surface area contributed by atoms with Gasteiger partial charge < -0.3 is 23.6 Å². The number of hydrogen-bond donors (Lipinski definition) is 1. The molecule has 8 nitrogen and oxygen atoms in total. The van der Waals surface area contributed by atoms with E-state index in [1.54, 1.807) is 24.3 Å². The van der Waals surface area contributed by atoms with Crippen molar-refractivity contribution in [3.63, 3.8) is 0 Å². The number of anilines is 1. The molecule has 4 aromatic rings. The van der Waals surface area contributed by atoms with Crippen molar-refractivity contribution in [2.24, 2.45) is 0 Å². The summed E-state index contributed by atoms with van der Waals surface area (Å²) in [6.45, 7) is 0.0291. The molecule has 0 bridgehead atoms. The van der Waals surface area contributed by atoms with Crippen LogP contribution in [0, 0.1) is 11.6 Å². The number of furan rings is 1. The van der Waals surface area contributed by atoms with Crippen LogP contribution in [-0.4, -0.2) is 26.5 Å². The SMILES string of the molecule is COc1ccc(CN(Cc2ccco2)C(=O)Nc2ccccc2F)cc1OS(=O)(=O)c1ccc(F)cc1. The molecule has 0 aliphatic rings. The molecule has 1 heterocycles. The van der Waals surface area contributed by atoms with E-state index in [9.17, 15) is 22.0 Å². The van der Waals surface area contributed by atoms with Crippen molar-refractivity contribution in [2.45, 2.75) is 18.0 Å². The Balaban J connectivity index is 1.60. The summed E-state index contributed by atoms with van der Waals surface area (Å²) in [5.74, 6) is -0.712. The van der Waals surface area contributed by atoms with E-state index in [1.807, 2.05) is 0 Å². The van der Waals surface area contributed by atoms with Crippen LogP contribution in [0.4, 0.5) is 19.3 Å². The van der Waals surface area contributed by atoms with E-state index >= 15 is 0 Å². The summed E-state index contributed by atoms with van der Waals surface area (Å²) < 4.78 is 68.7. The van der Waals surface area contributed by atoms with Crippen molar-refractivity contribution < 1.29 is 35.3 Å². The number of carbonyl (C=O) groups excluding carboxylic acids is 1. The fourth-order valence-electron chi connectivity index (χ4n) is 3.42. The number of methoxy groups -OCH3 is 1. The van der Waals surface area contributed by atoms with Gasteiger partial charge in [0.15, 0.2) is 11.5 Å². The summed E-state index contributed by atoms with van der Waals surface area (Å²) in [7, 11) is -2.96. The number of amides is 2. The van der Waals surface area contributed by atoms with Crippen molar-refractivity contribution in [3.05, 3.63) is 108 Å². The number of carbonyl (C=O) groups is 1. The van der Waals surface area contributed by atoms with Gasteiger partial charge >= 0.3 is 16.1 Å². The molecular formula is C26H22F2N2O6S. The van der Waals surface area contributed by atoms with E-state index < -0.39 is 27.8 Å². The van der Waals surface area contributed by atoms with Gasteiger partial charge in [-0.3, -0.25) is 0 Å². The van der Waals surface area contributed by atoms with Gasteiger partial charge in [-0.25, -0.2) is 13.6 Å².